The van der Waals surface area contributed by atoms with Gasteiger partial charge < -0.3 is 14.5 Å². The number of hydrogen-bond donors (Lipinski definition) is 1. The molecule has 2 aromatic heterocycles. The molecule has 0 bridgehead atoms. The standard InChI is InChI=1S/C27H32N6O3/c1-3-35-23-10-11-25-21(14-23)13-22(27(34)28-25)16-32(15-20-8-6-19(2)7-9-20)18-26-29-30-31-33(26)17-24-5-4-12-36-24/h6-11,13-14,24H,3-5,12,15-18H2,1-2H3,(H,28,34). The van der Waals surface area contributed by atoms with Crippen molar-refractivity contribution in [2.75, 3.05) is 13.2 Å². The lowest BCUT2D eigenvalue weighted by Gasteiger charge is -2.22. The SMILES string of the molecule is CCOc1ccc2[nH]c(=O)c(CN(Cc3ccc(C)cc3)Cc3nnnn3CC3CCCO3)cc2c1. The Morgan fingerprint density at radius 3 is 2.78 bits per heavy atom. The van der Waals surface area contributed by atoms with E-state index < -0.39 is 0 Å². The van der Waals surface area contributed by atoms with Crippen LogP contribution in [0.4, 0.5) is 0 Å². The highest BCUT2D eigenvalue weighted by atomic mass is 16.5. The molecule has 0 amide bonds. The van der Waals surface area contributed by atoms with E-state index in [9.17, 15) is 4.79 Å². The summed E-state index contributed by atoms with van der Waals surface area (Å²) in [5.74, 6) is 1.54. The molecular weight excluding hydrogens is 456 g/mol. The van der Waals surface area contributed by atoms with Crippen molar-refractivity contribution < 1.29 is 9.47 Å². The average Bonchev–Trinajstić information content (AvgIpc) is 3.54. The lowest BCUT2D eigenvalue weighted by molar-refractivity contribution is 0.0914. The fraction of sp³-hybridized carbons (Fsp3) is 0.407. The number of hydrogen-bond acceptors (Lipinski definition) is 7. The van der Waals surface area contributed by atoms with Gasteiger partial charge in [0, 0.05) is 36.2 Å². The van der Waals surface area contributed by atoms with Crippen LogP contribution in [0, 0.1) is 6.92 Å². The van der Waals surface area contributed by atoms with E-state index in [2.05, 4.69) is 56.6 Å². The normalized spacial score (nSPS) is 15.7. The number of aromatic amines is 1. The molecule has 0 radical (unpaired) electrons. The Balaban J connectivity index is 1.42. The van der Waals surface area contributed by atoms with Crippen LogP contribution in [0.3, 0.4) is 0 Å². The van der Waals surface area contributed by atoms with E-state index in [0.717, 1.165) is 47.5 Å². The minimum Gasteiger partial charge on any atom is -0.494 e. The second kappa shape index (κ2) is 11.0. The molecule has 1 fully saturated rings. The number of pyridine rings is 1. The van der Waals surface area contributed by atoms with Gasteiger partial charge in [-0.25, -0.2) is 4.68 Å². The smallest absolute Gasteiger partial charge is 0.252 e. The molecule has 1 atom stereocenters. The van der Waals surface area contributed by atoms with Crippen molar-refractivity contribution >= 4 is 10.9 Å². The molecule has 36 heavy (non-hydrogen) atoms. The third-order valence-electron chi connectivity index (χ3n) is 6.50. The Kier molecular flexibility index (Phi) is 7.39. The molecule has 9 nitrogen and oxygen atoms in total. The number of aryl methyl sites for hydroxylation is 1. The minimum absolute atomic E-state index is 0.0977. The predicted molar refractivity (Wildman–Crippen MR) is 137 cm³/mol. The highest BCUT2D eigenvalue weighted by Gasteiger charge is 2.21. The van der Waals surface area contributed by atoms with Crippen LogP contribution in [-0.4, -0.2) is 49.4 Å². The Labute approximate surface area is 210 Å². The third kappa shape index (κ3) is 5.80. The van der Waals surface area contributed by atoms with Crippen molar-refractivity contribution in [3.8, 4) is 5.75 Å². The van der Waals surface area contributed by atoms with Gasteiger partial charge in [-0.3, -0.25) is 9.69 Å². The van der Waals surface area contributed by atoms with Crippen molar-refractivity contribution in [1.82, 2.24) is 30.1 Å². The highest BCUT2D eigenvalue weighted by Crippen LogP contribution is 2.21. The first-order valence-corrected chi connectivity index (χ1v) is 12.5. The first kappa shape index (κ1) is 24.1. The van der Waals surface area contributed by atoms with Crippen LogP contribution in [0.15, 0.2) is 53.3 Å². The monoisotopic (exact) mass is 488 g/mol. The molecular formula is C27H32N6O3. The van der Waals surface area contributed by atoms with Gasteiger partial charge in [-0.15, -0.1) is 5.10 Å². The van der Waals surface area contributed by atoms with E-state index in [0.29, 0.717) is 38.3 Å². The molecule has 0 aliphatic carbocycles. The van der Waals surface area contributed by atoms with E-state index >= 15 is 0 Å². The summed E-state index contributed by atoms with van der Waals surface area (Å²) >= 11 is 0. The second-order valence-electron chi connectivity index (χ2n) is 9.35. The summed E-state index contributed by atoms with van der Waals surface area (Å²) in [6, 6.07) is 16.1. The van der Waals surface area contributed by atoms with Crippen molar-refractivity contribution in [3.05, 3.63) is 81.4 Å². The van der Waals surface area contributed by atoms with E-state index in [1.165, 1.54) is 5.56 Å². The van der Waals surface area contributed by atoms with Gasteiger partial charge in [-0.1, -0.05) is 29.8 Å². The first-order valence-electron chi connectivity index (χ1n) is 12.5. The molecule has 2 aromatic carbocycles. The molecule has 5 rings (SSSR count). The number of fused-ring (bicyclic) bond motifs is 1. The van der Waals surface area contributed by atoms with E-state index in [4.69, 9.17) is 9.47 Å². The Hall–Kier alpha value is -3.56. The van der Waals surface area contributed by atoms with Crippen molar-refractivity contribution in [3.63, 3.8) is 0 Å². The fourth-order valence-corrected chi connectivity index (χ4v) is 4.62. The molecule has 1 aliphatic heterocycles. The summed E-state index contributed by atoms with van der Waals surface area (Å²) in [4.78, 5) is 18.2. The number of ether oxygens (including phenoxy) is 2. The average molecular weight is 489 g/mol. The zero-order chi connectivity index (χ0) is 24.9. The van der Waals surface area contributed by atoms with Gasteiger partial charge in [-0.05, 0) is 66.9 Å². The number of tetrazole rings is 1. The molecule has 9 heteroatoms. The van der Waals surface area contributed by atoms with Crippen molar-refractivity contribution in [1.29, 1.82) is 0 Å². The molecule has 1 unspecified atom stereocenters. The topological polar surface area (TPSA) is 98.2 Å². The van der Waals surface area contributed by atoms with Gasteiger partial charge in [0.2, 0.25) is 0 Å². The summed E-state index contributed by atoms with van der Waals surface area (Å²) in [6.07, 6.45) is 2.22. The highest BCUT2D eigenvalue weighted by molar-refractivity contribution is 5.80. The number of aromatic nitrogens is 5. The molecule has 4 aromatic rings. The summed E-state index contributed by atoms with van der Waals surface area (Å²) in [7, 11) is 0. The van der Waals surface area contributed by atoms with Crippen LogP contribution in [0.1, 0.15) is 42.3 Å². The van der Waals surface area contributed by atoms with Gasteiger partial charge in [0.05, 0.1) is 25.8 Å². The molecule has 1 saturated heterocycles. The van der Waals surface area contributed by atoms with Gasteiger partial charge in [0.25, 0.3) is 5.56 Å². The number of H-pyrrole nitrogens is 1. The Morgan fingerprint density at radius 1 is 1.14 bits per heavy atom. The maximum absolute atomic E-state index is 13.0. The zero-order valence-corrected chi connectivity index (χ0v) is 20.8. The lowest BCUT2D eigenvalue weighted by atomic mass is 10.1. The van der Waals surface area contributed by atoms with E-state index in [1.807, 2.05) is 35.9 Å². The number of nitrogens with one attached hydrogen (secondary N) is 1. The number of nitrogens with zero attached hydrogens (tertiary/aromatic N) is 5. The fourth-order valence-electron chi connectivity index (χ4n) is 4.62. The van der Waals surface area contributed by atoms with Gasteiger partial charge in [0.15, 0.2) is 5.82 Å². The second-order valence-corrected chi connectivity index (χ2v) is 9.35. The molecule has 0 saturated carbocycles. The van der Waals surface area contributed by atoms with Crippen LogP contribution >= 0.6 is 0 Å². The van der Waals surface area contributed by atoms with E-state index in [-0.39, 0.29) is 11.7 Å². The molecule has 0 spiro atoms. The largest absolute Gasteiger partial charge is 0.494 e. The van der Waals surface area contributed by atoms with Crippen LogP contribution < -0.4 is 10.3 Å². The first-order chi connectivity index (χ1) is 17.6. The Bertz CT molecular complexity index is 1360. The van der Waals surface area contributed by atoms with Gasteiger partial charge in [-0.2, -0.15) is 0 Å². The summed E-state index contributed by atoms with van der Waals surface area (Å²) in [5, 5.41) is 13.4. The molecule has 1 aliphatic rings. The Morgan fingerprint density at radius 2 is 2.00 bits per heavy atom. The van der Waals surface area contributed by atoms with Crippen molar-refractivity contribution in [2.24, 2.45) is 0 Å². The number of rotatable bonds is 10. The lowest BCUT2D eigenvalue weighted by Crippen LogP contribution is -2.29. The van der Waals surface area contributed by atoms with Crippen LogP contribution in [-0.2, 0) is 30.9 Å². The maximum atomic E-state index is 13.0. The molecule has 3 heterocycles. The van der Waals surface area contributed by atoms with Crippen molar-refractivity contribution in [2.45, 2.75) is 59.0 Å². The summed E-state index contributed by atoms with van der Waals surface area (Å²) in [5.41, 5.74) is 3.75. The predicted octanol–water partition coefficient (Wildman–Crippen LogP) is 3.60. The van der Waals surface area contributed by atoms with E-state index in [1.54, 1.807) is 0 Å². The van der Waals surface area contributed by atoms with Gasteiger partial charge >= 0.3 is 0 Å². The summed E-state index contributed by atoms with van der Waals surface area (Å²) in [6.45, 7) is 7.66. The molecule has 188 valence electrons. The summed E-state index contributed by atoms with van der Waals surface area (Å²) < 4.78 is 13.3. The minimum atomic E-state index is -0.0977. The van der Waals surface area contributed by atoms with Gasteiger partial charge in [0.1, 0.15) is 5.75 Å². The van der Waals surface area contributed by atoms with Crippen LogP contribution in [0.25, 0.3) is 10.9 Å². The quantitative estimate of drug-likeness (QED) is 0.364. The van der Waals surface area contributed by atoms with Crippen LogP contribution in [0.2, 0.25) is 0 Å². The molecule has 1 N–H and O–H groups in total. The number of benzene rings is 2. The zero-order valence-electron chi connectivity index (χ0n) is 20.8. The van der Waals surface area contributed by atoms with Crippen LogP contribution in [0.5, 0.6) is 5.75 Å². The third-order valence-corrected chi connectivity index (χ3v) is 6.50. The maximum Gasteiger partial charge on any atom is 0.252 e.